The Kier molecular flexibility index (Phi) is 4.86. The number of fused-ring (bicyclic) bond motifs is 2. The Hall–Kier alpha value is -3.34. The first-order valence-corrected chi connectivity index (χ1v) is 11.3. The summed E-state index contributed by atoms with van der Waals surface area (Å²) in [5.74, 6) is 0.0489. The molecule has 1 atom stereocenters. The molecule has 1 saturated heterocycles. The Morgan fingerprint density at radius 3 is 2.82 bits per heavy atom. The summed E-state index contributed by atoms with van der Waals surface area (Å²) >= 11 is 0. The monoisotopic (exact) mass is 454 g/mol. The summed E-state index contributed by atoms with van der Waals surface area (Å²) in [5.41, 5.74) is 2.24. The molecule has 6 rings (SSSR count). The molecule has 11 heteroatoms. The smallest absolute Gasteiger partial charge is 0.231 e. The maximum absolute atomic E-state index is 14.1. The number of imidazole rings is 1. The Morgan fingerprint density at radius 1 is 1.12 bits per heavy atom. The van der Waals surface area contributed by atoms with Crippen molar-refractivity contribution in [3.63, 3.8) is 0 Å². The summed E-state index contributed by atoms with van der Waals surface area (Å²) in [4.78, 5) is 18.9. The van der Waals surface area contributed by atoms with Gasteiger partial charge in [0.25, 0.3) is 0 Å². The van der Waals surface area contributed by atoms with Crippen LogP contribution in [0, 0.1) is 11.6 Å². The topological polar surface area (TPSA) is 107 Å². The lowest BCUT2D eigenvalue weighted by molar-refractivity contribution is 0.239. The highest BCUT2D eigenvalue weighted by Gasteiger charge is 2.30. The number of aliphatic hydroxyl groups excluding tert-OH is 1. The van der Waals surface area contributed by atoms with Crippen LogP contribution in [0.2, 0.25) is 0 Å². The highest BCUT2D eigenvalue weighted by molar-refractivity contribution is 5.75. The molecule has 2 fully saturated rings. The first-order chi connectivity index (χ1) is 16.1. The lowest BCUT2D eigenvalue weighted by Gasteiger charge is -2.34. The third-order valence-electron chi connectivity index (χ3n) is 6.50. The second-order valence-electron chi connectivity index (χ2n) is 8.78. The molecule has 0 amide bonds. The van der Waals surface area contributed by atoms with Crippen molar-refractivity contribution < 1.29 is 13.9 Å². The van der Waals surface area contributed by atoms with E-state index in [1.165, 1.54) is 6.07 Å². The summed E-state index contributed by atoms with van der Waals surface area (Å²) in [6.07, 6.45) is 7.06. The van der Waals surface area contributed by atoms with E-state index in [0.717, 1.165) is 55.9 Å². The molecular weight excluding hydrogens is 430 g/mol. The van der Waals surface area contributed by atoms with Crippen LogP contribution < -0.4 is 10.2 Å². The largest absolute Gasteiger partial charge is 0.394 e. The molecule has 0 bridgehead atoms. The van der Waals surface area contributed by atoms with Crippen LogP contribution in [0.25, 0.3) is 16.7 Å². The number of nitrogens with zero attached hydrogens (tertiary/aromatic N) is 6. The summed E-state index contributed by atoms with van der Waals surface area (Å²) in [7, 11) is 0. The Bertz CT molecular complexity index is 1330. The molecule has 0 spiro atoms. The average Bonchev–Trinajstić information content (AvgIpc) is 3.45. The van der Waals surface area contributed by atoms with Crippen LogP contribution in [0.4, 0.5) is 20.7 Å². The van der Waals surface area contributed by atoms with E-state index in [-0.39, 0.29) is 24.7 Å². The van der Waals surface area contributed by atoms with Gasteiger partial charge in [0.1, 0.15) is 11.3 Å². The van der Waals surface area contributed by atoms with Gasteiger partial charge in [0.15, 0.2) is 17.3 Å². The normalized spacial score (nSPS) is 19.0. The molecule has 1 aliphatic carbocycles. The van der Waals surface area contributed by atoms with E-state index in [9.17, 15) is 13.9 Å². The predicted molar refractivity (Wildman–Crippen MR) is 118 cm³/mol. The van der Waals surface area contributed by atoms with Gasteiger partial charge in [-0.3, -0.25) is 0 Å². The Labute approximate surface area is 187 Å². The van der Waals surface area contributed by atoms with Crippen molar-refractivity contribution in [2.45, 2.75) is 50.6 Å². The van der Waals surface area contributed by atoms with E-state index < -0.39 is 11.6 Å². The second-order valence-corrected chi connectivity index (χ2v) is 8.78. The van der Waals surface area contributed by atoms with Gasteiger partial charge < -0.3 is 20.3 Å². The first kappa shape index (κ1) is 20.3. The number of hydrogen-bond donors (Lipinski definition) is 3. The molecule has 0 unspecified atom stereocenters. The van der Waals surface area contributed by atoms with Gasteiger partial charge in [-0.15, -0.1) is 0 Å². The van der Waals surface area contributed by atoms with Gasteiger partial charge in [-0.05, 0) is 50.2 Å². The quantitative estimate of drug-likeness (QED) is 0.411. The van der Waals surface area contributed by atoms with Crippen molar-refractivity contribution in [1.29, 1.82) is 0 Å². The number of aliphatic hydroxyl groups is 1. The van der Waals surface area contributed by atoms with Crippen LogP contribution in [-0.2, 0) is 6.54 Å². The molecule has 1 aromatic carbocycles. The van der Waals surface area contributed by atoms with Crippen molar-refractivity contribution in [1.82, 2.24) is 29.5 Å². The number of rotatable bonds is 6. The minimum Gasteiger partial charge on any atom is -0.394 e. The van der Waals surface area contributed by atoms with Crippen molar-refractivity contribution >= 4 is 28.6 Å². The molecule has 1 saturated carbocycles. The Balaban J connectivity index is 1.36. The highest BCUT2D eigenvalue weighted by atomic mass is 19.2. The molecule has 1 aliphatic heterocycles. The van der Waals surface area contributed by atoms with E-state index in [2.05, 4.69) is 25.3 Å². The summed E-state index contributed by atoms with van der Waals surface area (Å²) in [6.45, 7) is 1.04. The van der Waals surface area contributed by atoms with Gasteiger partial charge >= 0.3 is 0 Å². The van der Waals surface area contributed by atoms with E-state index in [4.69, 9.17) is 9.97 Å². The van der Waals surface area contributed by atoms with E-state index >= 15 is 0 Å². The molecule has 2 aliphatic rings. The summed E-state index contributed by atoms with van der Waals surface area (Å²) < 4.78 is 29.3. The van der Waals surface area contributed by atoms with Gasteiger partial charge in [0.05, 0.1) is 30.9 Å². The standard InChI is InChI=1S/C22H24F2N8O/c23-15-6-7-16-19(18(15)24)28-17(27-16)10-25-21-30-22(31-8-2-1-3-13(31)11-33)29-20-14(12-4-5-12)9-26-32(20)21/h6-7,9,12-13,33H,1-5,8,10-11H2,(H,27,28)(H,25,29,30)/t13-/m0/s1. The number of anilines is 2. The Morgan fingerprint density at radius 2 is 2.00 bits per heavy atom. The number of hydrogen-bond acceptors (Lipinski definition) is 7. The SMILES string of the molecule is OC[C@@H]1CCCCN1c1nc(NCc2nc3c(F)c(F)ccc3[nH]2)n2ncc(C3CC3)c2n1. The van der Waals surface area contributed by atoms with Gasteiger partial charge in [-0.1, -0.05) is 0 Å². The highest BCUT2D eigenvalue weighted by Crippen LogP contribution is 2.42. The van der Waals surface area contributed by atoms with Crippen molar-refractivity contribution in [3.8, 4) is 0 Å². The minimum absolute atomic E-state index is 0.0189. The molecule has 33 heavy (non-hydrogen) atoms. The fraction of sp³-hybridized carbons (Fsp3) is 0.455. The number of H-pyrrole nitrogens is 1. The fourth-order valence-corrected chi connectivity index (χ4v) is 4.58. The zero-order valence-corrected chi connectivity index (χ0v) is 17.9. The van der Waals surface area contributed by atoms with Crippen molar-refractivity contribution in [2.24, 2.45) is 0 Å². The van der Waals surface area contributed by atoms with Crippen LogP contribution in [0.15, 0.2) is 18.3 Å². The summed E-state index contributed by atoms with van der Waals surface area (Å²) in [5, 5.41) is 17.6. The van der Waals surface area contributed by atoms with E-state index in [1.807, 2.05) is 6.20 Å². The van der Waals surface area contributed by atoms with E-state index in [0.29, 0.717) is 29.2 Å². The average molecular weight is 454 g/mol. The van der Waals surface area contributed by atoms with Gasteiger partial charge in [0, 0.05) is 12.1 Å². The lowest BCUT2D eigenvalue weighted by Crippen LogP contribution is -2.43. The summed E-state index contributed by atoms with van der Waals surface area (Å²) in [6, 6.07) is 2.52. The number of piperidine rings is 1. The third-order valence-corrected chi connectivity index (χ3v) is 6.50. The fourth-order valence-electron chi connectivity index (χ4n) is 4.58. The lowest BCUT2D eigenvalue weighted by atomic mass is 10.0. The van der Waals surface area contributed by atoms with Gasteiger partial charge in [0.2, 0.25) is 11.9 Å². The molecule has 3 N–H and O–H groups in total. The van der Waals surface area contributed by atoms with Crippen LogP contribution in [-0.4, -0.2) is 53.9 Å². The number of aromatic nitrogens is 6. The zero-order valence-electron chi connectivity index (χ0n) is 17.9. The first-order valence-electron chi connectivity index (χ1n) is 11.3. The predicted octanol–water partition coefficient (Wildman–Crippen LogP) is 3.12. The maximum atomic E-state index is 14.1. The number of halogens is 2. The van der Waals surface area contributed by atoms with Crippen LogP contribution in [0.1, 0.15) is 49.4 Å². The molecule has 9 nitrogen and oxygen atoms in total. The number of nitrogens with one attached hydrogen (secondary N) is 2. The van der Waals surface area contributed by atoms with Crippen LogP contribution >= 0.6 is 0 Å². The third kappa shape index (κ3) is 3.56. The molecule has 4 aromatic rings. The van der Waals surface area contributed by atoms with Gasteiger partial charge in [-0.25, -0.2) is 13.8 Å². The minimum atomic E-state index is -0.969. The second kappa shape index (κ2) is 7.91. The zero-order chi connectivity index (χ0) is 22.5. The molecule has 3 aromatic heterocycles. The van der Waals surface area contributed by atoms with Gasteiger partial charge in [-0.2, -0.15) is 19.6 Å². The number of aromatic amines is 1. The molecule has 172 valence electrons. The van der Waals surface area contributed by atoms with Crippen molar-refractivity contribution in [3.05, 3.63) is 41.4 Å². The molecule has 0 radical (unpaired) electrons. The van der Waals surface area contributed by atoms with E-state index in [1.54, 1.807) is 4.52 Å². The number of benzene rings is 1. The van der Waals surface area contributed by atoms with Crippen LogP contribution in [0.5, 0.6) is 0 Å². The maximum Gasteiger partial charge on any atom is 0.231 e. The molecular formula is C22H24F2N8O. The van der Waals surface area contributed by atoms with Crippen LogP contribution in [0.3, 0.4) is 0 Å². The van der Waals surface area contributed by atoms with Crippen molar-refractivity contribution in [2.75, 3.05) is 23.4 Å². The molecule has 4 heterocycles.